The van der Waals surface area contributed by atoms with Crippen molar-refractivity contribution in [1.82, 2.24) is 0 Å². The Bertz CT molecular complexity index is 3160. The van der Waals surface area contributed by atoms with Crippen LogP contribution in [-0.4, -0.2) is 117 Å². The molecule has 3 aliphatic rings. The molecule has 0 saturated carbocycles. The number of carboxylic acid groups (broad SMARTS) is 1. The first-order valence-electron chi connectivity index (χ1n) is 23.4. The molecule has 3 aromatic rings. The van der Waals surface area contributed by atoms with Crippen molar-refractivity contribution in [2.24, 2.45) is 0 Å². The van der Waals surface area contributed by atoms with Gasteiger partial charge in [0.1, 0.15) is 6.54 Å². The van der Waals surface area contributed by atoms with Crippen LogP contribution in [0, 0.1) is 0 Å². The van der Waals surface area contributed by atoms with Crippen LogP contribution in [-0.2, 0) is 56.1 Å². The number of aliphatic carboxylic acids is 1. The van der Waals surface area contributed by atoms with Crippen molar-refractivity contribution in [3.05, 3.63) is 106 Å². The van der Waals surface area contributed by atoms with E-state index in [0.29, 0.717) is 54.8 Å². The number of unbranched alkanes of at least 4 members (excludes halogenated alkanes) is 2. The summed E-state index contributed by atoms with van der Waals surface area (Å²) in [6.45, 7) is 9.30. The molecule has 0 unspecified atom stereocenters. The summed E-state index contributed by atoms with van der Waals surface area (Å²) in [4.78, 5) is 14.8. The molecule has 0 radical (unpaired) electrons. The van der Waals surface area contributed by atoms with E-state index in [-0.39, 0.29) is 50.2 Å². The highest BCUT2D eigenvalue weighted by atomic mass is 35.5. The number of carboxylic acids is 1. The van der Waals surface area contributed by atoms with Crippen LogP contribution in [0.1, 0.15) is 103 Å². The van der Waals surface area contributed by atoms with Crippen molar-refractivity contribution in [2.75, 3.05) is 53.2 Å². The van der Waals surface area contributed by atoms with Gasteiger partial charge >= 0.3 is 5.97 Å². The zero-order valence-corrected chi connectivity index (χ0v) is 44.2. The molecule has 0 bridgehead atoms. The average molecular weight is 1080 g/mol. The second-order valence-corrected chi connectivity index (χ2v) is 25.9. The number of anilines is 2. The minimum Gasteiger partial charge on any atom is -0.481 e. The van der Waals surface area contributed by atoms with E-state index in [2.05, 4.69) is 24.5 Å². The van der Waals surface area contributed by atoms with E-state index in [1.165, 1.54) is 12.1 Å². The monoisotopic (exact) mass is 1080 g/mol. The molecule has 17 nitrogen and oxygen atoms in total. The Morgan fingerprint density at radius 1 is 0.746 bits per heavy atom. The molecule has 71 heavy (non-hydrogen) atoms. The number of carbonyl (C=O) groups is 1. The lowest BCUT2D eigenvalue weighted by Crippen LogP contribution is -2.29. The minimum absolute atomic E-state index is 0.0379. The lowest BCUT2D eigenvalue weighted by atomic mass is 9.78. The fourth-order valence-electron chi connectivity index (χ4n) is 10.0. The number of fused-ring (bicyclic) bond motifs is 4. The van der Waals surface area contributed by atoms with Crippen molar-refractivity contribution in [2.45, 2.75) is 108 Å². The summed E-state index contributed by atoms with van der Waals surface area (Å²) >= 11 is 7.29. The SMILES string of the molecule is CC1(C)C(=CC=C2CCCC(C=CC3=[N+](CCCCCC(=O)O)c4ccc5cc(S(=O)(=O)O)ccc5c4C3(C)C)=C2Cl)N(CCCS(=O)(=O)O)c2ccc(N(CCCS(=O)(=O)O)CCCS(=O)(=O)O)cc21. The molecule has 0 fully saturated rings. The Labute approximate surface area is 422 Å². The quantitative estimate of drug-likeness (QED) is 0.0338. The first-order valence-corrected chi connectivity index (χ1v) is 30.0. The second-order valence-electron chi connectivity index (χ2n) is 19.3. The molecule has 22 heteroatoms. The van der Waals surface area contributed by atoms with Gasteiger partial charge in [-0.15, -0.1) is 0 Å². The highest BCUT2D eigenvalue weighted by Crippen LogP contribution is 2.50. The van der Waals surface area contributed by atoms with Gasteiger partial charge in [-0.25, -0.2) is 0 Å². The van der Waals surface area contributed by atoms with Crippen molar-refractivity contribution < 1.29 is 66.4 Å². The molecular formula is C49H63ClN3O14S4+. The molecule has 0 atom stereocenters. The third-order valence-electron chi connectivity index (χ3n) is 13.4. The first-order chi connectivity index (χ1) is 33.0. The van der Waals surface area contributed by atoms with E-state index in [4.69, 9.17) is 11.6 Å². The smallest absolute Gasteiger partial charge is 0.303 e. The van der Waals surface area contributed by atoms with E-state index >= 15 is 0 Å². The summed E-state index contributed by atoms with van der Waals surface area (Å²) in [6.07, 6.45) is 12.3. The molecular weight excluding hydrogens is 1020 g/mol. The molecule has 5 N–H and O–H groups in total. The lowest BCUT2D eigenvalue weighted by molar-refractivity contribution is -0.438. The summed E-state index contributed by atoms with van der Waals surface area (Å²) in [7, 11) is -17.2. The van der Waals surface area contributed by atoms with Crippen molar-refractivity contribution in [3.8, 4) is 0 Å². The number of benzene rings is 3. The van der Waals surface area contributed by atoms with Crippen LogP contribution in [0.4, 0.5) is 17.1 Å². The van der Waals surface area contributed by atoms with Crippen LogP contribution in [0.3, 0.4) is 0 Å². The van der Waals surface area contributed by atoms with Crippen LogP contribution >= 0.6 is 11.6 Å². The molecule has 0 spiro atoms. The molecule has 2 aliphatic heterocycles. The van der Waals surface area contributed by atoms with E-state index in [9.17, 15) is 61.8 Å². The number of allylic oxidation sites excluding steroid dienone is 8. The molecule has 6 rings (SSSR count). The van der Waals surface area contributed by atoms with E-state index < -0.39 is 74.5 Å². The molecule has 0 aromatic heterocycles. The number of halogens is 1. The largest absolute Gasteiger partial charge is 0.481 e. The molecule has 1 aliphatic carbocycles. The van der Waals surface area contributed by atoms with Gasteiger partial charge in [0.15, 0.2) is 5.71 Å². The van der Waals surface area contributed by atoms with Crippen LogP contribution in [0.25, 0.3) is 10.8 Å². The maximum atomic E-state index is 12.0. The van der Waals surface area contributed by atoms with Gasteiger partial charge in [-0.05, 0) is 135 Å². The first kappa shape index (κ1) is 55.9. The number of hydrogen-bond donors (Lipinski definition) is 5. The molecule has 2 heterocycles. The predicted octanol–water partition coefficient (Wildman–Crippen LogP) is 8.59. The Morgan fingerprint density at radius 3 is 2.01 bits per heavy atom. The standard InChI is InChI=1S/C49H62ClN3O14S4/c1-48(2)40-33-37(51(25-9-29-68(56,57)58)26-10-30-69(59,60)61)18-22-41(40)52(28-11-31-70(62,63)64)43(48)23-16-34-12-8-13-35(47(34)50)17-24-44-49(3,4)46-39-20-19-38(71(65,66)67)32-36(39)15-21-42(46)53(44)27-7-5-6-14-45(54)55/h15-24,32-33H,5-14,25-31H2,1-4H3,(H4-,54,55,56,57,58,59,60,61,62,63,64,65,66,67)/p+1. The zero-order valence-electron chi connectivity index (χ0n) is 40.2. The Morgan fingerprint density at radius 2 is 1.39 bits per heavy atom. The fourth-order valence-corrected chi connectivity index (χ4v) is 12.3. The summed E-state index contributed by atoms with van der Waals surface area (Å²) in [5.41, 5.74) is 6.40. The predicted molar refractivity (Wildman–Crippen MR) is 277 cm³/mol. The zero-order chi connectivity index (χ0) is 52.3. The van der Waals surface area contributed by atoms with Crippen LogP contribution in [0.15, 0.2) is 99.6 Å². The normalized spacial score (nSPS) is 18.4. The van der Waals surface area contributed by atoms with Gasteiger partial charge in [-0.2, -0.15) is 38.2 Å². The summed E-state index contributed by atoms with van der Waals surface area (Å²) < 4.78 is 134. The second kappa shape index (κ2) is 21.9. The van der Waals surface area contributed by atoms with Crippen LogP contribution < -0.4 is 9.80 Å². The van der Waals surface area contributed by atoms with Gasteiger partial charge in [0, 0.05) is 77.7 Å². The third kappa shape index (κ3) is 14.0. The Balaban J connectivity index is 1.36. The maximum Gasteiger partial charge on any atom is 0.303 e. The van der Waals surface area contributed by atoms with Gasteiger partial charge in [0.05, 0.1) is 27.6 Å². The van der Waals surface area contributed by atoms with Gasteiger partial charge in [-0.3, -0.25) is 23.0 Å². The molecule has 0 saturated heterocycles. The molecule has 3 aromatic carbocycles. The van der Waals surface area contributed by atoms with Crippen molar-refractivity contribution in [3.63, 3.8) is 0 Å². The van der Waals surface area contributed by atoms with Gasteiger partial charge in [-0.1, -0.05) is 43.7 Å². The number of nitrogens with zero attached hydrogens (tertiary/aromatic N) is 3. The third-order valence-corrected chi connectivity index (χ3v) is 17.2. The van der Waals surface area contributed by atoms with E-state index in [0.717, 1.165) is 56.9 Å². The summed E-state index contributed by atoms with van der Waals surface area (Å²) in [5, 5.41) is 11.3. The molecule has 388 valence electrons. The van der Waals surface area contributed by atoms with Gasteiger partial charge < -0.3 is 14.9 Å². The maximum absolute atomic E-state index is 12.0. The van der Waals surface area contributed by atoms with Gasteiger partial charge in [0.2, 0.25) is 5.69 Å². The molecule has 0 amide bonds. The Kier molecular flexibility index (Phi) is 17.3. The Hall–Kier alpha value is -4.45. The number of rotatable bonds is 23. The van der Waals surface area contributed by atoms with E-state index in [1.54, 1.807) is 17.0 Å². The lowest BCUT2D eigenvalue weighted by Gasteiger charge is -2.27. The topological polar surface area (TPSA) is 264 Å². The summed E-state index contributed by atoms with van der Waals surface area (Å²) in [5.74, 6) is -2.35. The van der Waals surface area contributed by atoms with Crippen molar-refractivity contribution >= 4 is 91.6 Å². The average Bonchev–Trinajstić information content (AvgIpc) is 3.60. The van der Waals surface area contributed by atoms with Crippen LogP contribution in [0.5, 0.6) is 0 Å². The highest BCUT2D eigenvalue weighted by molar-refractivity contribution is 7.86. The van der Waals surface area contributed by atoms with Crippen LogP contribution in [0.2, 0.25) is 0 Å². The fraction of sp³-hybridized carbons (Fsp3) is 0.469. The minimum atomic E-state index is -4.44. The van der Waals surface area contributed by atoms with E-state index in [1.807, 2.05) is 61.2 Å². The summed E-state index contributed by atoms with van der Waals surface area (Å²) in [6, 6.07) is 13.9. The van der Waals surface area contributed by atoms with Gasteiger partial charge in [0.25, 0.3) is 40.5 Å². The number of hydrogen-bond acceptors (Lipinski definition) is 11. The highest BCUT2D eigenvalue weighted by Gasteiger charge is 2.46. The van der Waals surface area contributed by atoms with Crippen molar-refractivity contribution in [1.29, 1.82) is 0 Å².